The maximum atomic E-state index is 10.3. The zero-order valence-corrected chi connectivity index (χ0v) is 8.88. The van der Waals surface area contributed by atoms with Gasteiger partial charge in [-0.3, -0.25) is 4.79 Å². The lowest BCUT2D eigenvalue weighted by molar-refractivity contribution is -0.137. The molecule has 0 aromatic rings. The third-order valence-corrected chi connectivity index (χ3v) is 1.57. The van der Waals surface area contributed by atoms with E-state index < -0.39 is 5.97 Å². The van der Waals surface area contributed by atoms with Crippen molar-refractivity contribution in [3.05, 3.63) is 12.2 Å². The predicted molar refractivity (Wildman–Crippen MR) is 55.4 cm³/mol. The van der Waals surface area contributed by atoms with Crippen molar-refractivity contribution in [2.45, 2.75) is 26.3 Å². The molecule has 0 aliphatic rings. The van der Waals surface area contributed by atoms with Crippen molar-refractivity contribution >= 4 is 5.97 Å². The van der Waals surface area contributed by atoms with Crippen molar-refractivity contribution in [2.24, 2.45) is 0 Å². The van der Waals surface area contributed by atoms with Crippen LogP contribution in [-0.4, -0.2) is 36.9 Å². The summed E-state index contributed by atoms with van der Waals surface area (Å²) in [4.78, 5) is 10.3. The van der Waals surface area contributed by atoms with E-state index in [0.29, 0.717) is 19.8 Å². The van der Waals surface area contributed by atoms with Crippen LogP contribution in [0.25, 0.3) is 0 Å². The maximum Gasteiger partial charge on any atom is 0.304 e. The monoisotopic (exact) mass is 201 g/mol. The fraction of sp³-hybridized carbons (Fsp3) is 0.700. The average molecular weight is 201 g/mol. The summed E-state index contributed by atoms with van der Waals surface area (Å²) in [7, 11) is 0. The number of rotatable bonds is 8. The second-order valence-corrected chi connectivity index (χ2v) is 3.46. The lowest BCUT2D eigenvalue weighted by Gasteiger charge is -2.11. The van der Waals surface area contributed by atoms with Gasteiger partial charge < -0.3 is 15.2 Å². The Morgan fingerprint density at radius 1 is 1.64 bits per heavy atom. The van der Waals surface area contributed by atoms with Gasteiger partial charge in [0.2, 0.25) is 0 Å². The highest BCUT2D eigenvalue weighted by atomic mass is 16.5. The van der Waals surface area contributed by atoms with Crippen LogP contribution in [0.1, 0.15) is 20.3 Å². The standard InChI is InChI=1S/C10H19NO3/c1-8(2)7-14-5-4-11-9(3)6-10(12)13/h9,11H,1,4-7H2,2-3H3,(H,12,13). The molecule has 0 aliphatic carbocycles. The third kappa shape index (κ3) is 9.22. The van der Waals surface area contributed by atoms with E-state index in [1.807, 2.05) is 13.8 Å². The Morgan fingerprint density at radius 3 is 2.79 bits per heavy atom. The number of aliphatic carboxylic acids is 1. The van der Waals surface area contributed by atoms with Crippen LogP contribution < -0.4 is 5.32 Å². The second kappa shape index (κ2) is 7.53. The molecule has 0 fully saturated rings. The summed E-state index contributed by atoms with van der Waals surface area (Å²) < 4.78 is 5.24. The van der Waals surface area contributed by atoms with Crippen molar-refractivity contribution in [1.82, 2.24) is 5.32 Å². The first-order valence-electron chi connectivity index (χ1n) is 4.69. The Bertz CT molecular complexity index is 192. The second-order valence-electron chi connectivity index (χ2n) is 3.46. The summed E-state index contributed by atoms with van der Waals surface area (Å²) in [5, 5.41) is 11.5. The van der Waals surface area contributed by atoms with Crippen LogP contribution in [0.15, 0.2) is 12.2 Å². The van der Waals surface area contributed by atoms with Gasteiger partial charge in [0.15, 0.2) is 0 Å². The van der Waals surface area contributed by atoms with Gasteiger partial charge in [0, 0.05) is 12.6 Å². The molecule has 0 spiro atoms. The number of ether oxygens (including phenoxy) is 1. The highest BCUT2D eigenvalue weighted by Gasteiger charge is 2.05. The van der Waals surface area contributed by atoms with E-state index in [1.165, 1.54) is 0 Å². The largest absolute Gasteiger partial charge is 0.481 e. The molecule has 4 nitrogen and oxygen atoms in total. The van der Waals surface area contributed by atoms with Gasteiger partial charge in [-0.2, -0.15) is 0 Å². The van der Waals surface area contributed by atoms with Gasteiger partial charge in [0.05, 0.1) is 19.6 Å². The van der Waals surface area contributed by atoms with Crippen molar-refractivity contribution in [3.63, 3.8) is 0 Å². The number of hydrogen-bond acceptors (Lipinski definition) is 3. The third-order valence-electron chi connectivity index (χ3n) is 1.57. The smallest absolute Gasteiger partial charge is 0.304 e. The van der Waals surface area contributed by atoms with Crippen LogP contribution in [0, 0.1) is 0 Å². The van der Waals surface area contributed by atoms with Crippen molar-refractivity contribution in [2.75, 3.05) is 19.8 Å². The fourth-order valence-corrected chi connectivity index (χ4v) is 0.958. The molecule has 0 aliphatic heterocycles. The van der Waals surface area contributed by atoms with Crippen LogP contribution >= 0.6 is 0 Å². The Hall–Kier alpha value is -0.870. The number of carboxylic acids is 1. The summed E-state index contributed by atoms with van der Waals surface area (Å²) in [6.07, 6.45) is 0.139. The lowest BCUT2D eigenvalue weighted by Crippen LogP contribution is -2.31. The van der Waals surface area contributed by atoms with Gasteiger partial charge in [0.25, 0.3) is 0 Å². The topological polar surface area (TPSA) is 58.6 Å². The molecule has 0 saturated heterocycles. The van der Waals surface area contributed by atoms with Gasteiger partial charge in [-0.1, -0.05) is 12.2 Å². The molecule has 0 rings (SSSR count). The number of nitrogens with one attached hydrogen (secondary N) is 1. The minimum absolute atomic E-state index is 0.0130. The van der Waals surface area contributed by atoms with Crippen LogP contribution in [0.5, 0.6) is 0 Å². The molecule has 1 atom stereocenters. The maximum absolute atomic E-state index is 10.3. The minimum Gasteiger partial charge on any atom is -0.481 e. The van der Waals surface area contributed by atoms with Gasteiger partial charge in [0.1, 0.15) is 0 Å². The first kappa shape index (κ1) is 13.1. The van der Waals surface area contributed by atoms with Gasteiger partial charge >= 0.3 is 5.97 Å². The number of hydrogen-bond donors (Lipinski definition) is 2. The summed E-state index contributed by atoms with van der Waals surface area (Å²) >= 11 is 0. The van der Waals surface area contributed by atoms with Crippen molar-refractivity contribution in [3.8, 4) is 0 Å². The molecular formula is C10H19NO3. The van der Waals surface area contributed by atoms with E-state index in [9.17, 15) is 4.79 Å². The van der Waals surface area contributed by atoms with Crippen LogP contribution in [0.4, 0.5) is 0 Å². The molecule has 4 heteroatoms. The number of carboxylic acid groups (broad SMARTS) is 1. The SMILES string of the molecule is C=C(C)COCCNC(C)CC(=O)O. The molecule has 0 amide bonds. The van der Waals surface area contributed by atoms with E-state index in [4.69, 9.17) is 9.84 Å². The summed E-state index contributed by atoms with van der Waals surface area (Å²) in [6, 6.07) is -0.0130. The molecule has 0 aromatic heterocycles. The summed E-state index contributed by atoms with van der Waals surface area (Å²) in [5.41, 5.74) is 0.989. The molecule has 82 valence electrons. The average Bonchev–Trinajstić information content (AvgIpc) is 2.01. The van der Waals surface area contributed by atoms with E-state index in [1.54, 1.807) is 0 Å². The zero-order chi connectivity index (χ0) is 11.0. The molecule has 2 N–H and O–H groups in total. The first-order chi connectivity index (χ1) is 6.52. The zero-order valence-electron chi connectivity index (χ0n) is 8.88. The minimum atomic E-state index is -0.784. The van der Waals surface area contributed by atoms with Gasteiger partial charge in [-0.25, -0.2) is 0 Å². The first-order valence-corrected chi connectivity index (χ1v) is 4.69. The van der Waals surface area contributed by atoms with E-state index in [0.717, 1.165) is 5.57 Å². The molecular weight excluding hydrogens is 182 g/mol. The normalized spacial score (nSPS) is 12.4. The highest BCUT2D eigenvalue weighted by molar-refractivity contribution is 5.67. The Balaban J connectivity index is 3.27. The molecule has 0 radical (unpaired) electrons. The Morgan fingerprint density at radius 2 is 2.29 bits per heavy atom. The quantitative estimate of drug-likeness (QED) is 0.455. The van der Waals surface area contributed by atoms with Crippen LogP contribution in [0.2, 0.25) is 0 Å². The molecule has 0 aromatic carbocycles. The molecule has 0 bridgehead atoms. The fourth-order valence-electron chi connectivity index (χ4n) is 0.958. The van der Waals surface area contributed by atoms with Crippen LogP contribution in [0.3, 0.4) is 0 Å². The van der Waals surface area contributed by atoms with Crippen molar-refractivity contribution < 1.29 is 14.6 Å². The van der Waals surface area contributed by atoms with E-state index in [2.05, 4.69) is 11.9 Å². The summed E-state index contributed by atoms with van der Waals surface area (Å²) in [5.74, 6) is -0.784. The van der Waals surface area contributed by atoms with Gasteiger partial charge in [-0.05, 0) is 13.8 Å². The van der Waals surface area contributed by atoms with Crippen molar-refractivity contribution in [1.29, 1.82) is 0 Å². The summed E-state index contributed by atoms with van der Waals surface area (Å²) in [6.45, 7) is 9.26. The Kier molecular flexibility index (Phi) is 7.06. The number of carbonyl (C=O) groups is 1. The van der Waals surface area contributed by atoms with Crippen LogP contribution in [-0.2, 0) is 9.53 Å². The Labute approximate surface area is 85.0 Å². The van der Waals surface area contributed by atoms with E-state index in [-0.39, 0.29) is 12.5 Å². The highest BCUT2D eigenvalue weighted by Crippen LogP contribution is 1.90. The predicted octanol–water partition coefficient (Wildman–Crippen LogP) is 1.03. The molecule has 0 heterocycles. The molecule has 1 unspecified atom stereocenters. The lowest BCUT2D eigenvalue weighted by atomic mass is 10.2. The molecule has 14 heavy (non-hydrogen) atoms. The van der Waals surface area contributed by atoms with Gasteiger partial charge in [-0.15, -0.1) is 0 Å². The van der Waals surface area contributed by atoms with E-state index >= 15 is 0 Å². The molecule has 0 saturated carbocycles.